The van der Waals surface area contributed by atoms with Crippen LogP contribution in [0.4, 0.5) is 0 Å². The molecule has 0 aromatic carbocycles. The number of thioether (sulfide) groups is 1. The van der Waals surface area contributed by atoms with E-state index in [4.69, 9.17) is 5.73 Å². The quantitative estimate of drug-likeness (QED) is 0.847. The van der Waals surface area contributed by atoms with Crippen LogP contribution in [0.2, 0.25) is 0 Å². The monoisotopic (exact) mass is 253 g/mol. The average molecular weight is 253 g/mol. The molecule has 1 atom stereocenters. The molecule has 2 N–H and O–H groups in total. The summed E-state index contributed by atoms with van der Waals surface area (Å²) >= 11 is 1.99. The van der Waals surface area contributed by atoms with Gasteiger partial charge in [-0.2, -0.15) is 11.8 Å². The summed E-state index contributed by atoms with van der Waals surface area (Å²) in [6.07, 6.45) is 8.85. The highest BCUT2D eigenvalue weighted by Gasteiger charge is 2.42. The molecule has 0 radical (unpaired) electrons. The van der Waals surface area contributed by atoms with E-state index < -0.39 is 0 Å². The second-order valence-electron chi connectivity index (χ2n) is 5.42. The zero-order valence-electron chi connectivity index (χ0n) is 11.0. The number of nitrogens with two attached hydrogens (primary N) is 1. The van der Waals surface area contributed by atoms with Crippen molar-refractivity contribution in [2.24, 2.45) is 11.7 Å². The third-order valence-corrected chi connectivity index (χ3v) is 5.29. The molecule has 1 fully saturated rings. The van der Waals surface area contributed by atoms with E-state index in [0.717, 1.165) is 6.54 Å². The number of rotatable bonds is 6. The SMILES string of the molecule is CSC1(Cn2cncc2C(CN)C(C)C)CC1. The predicted octanol–water partition coefficient (Wildman–Crippen LogP) is 2.48. The molecule has 1 aromatic rings. The zero-order chi connectivity index (χ0) is 12.5. The van der Waals surface area contributed by atoms with Crippen LogP contribution in [0.1, 0.15) is 38.3 Å². The Hall–Kier alpha value is -0.480. The molecule has 1 aromatic heterocycles. The fraction of sp³-hybridized carbons (Fsp3) is 0.769. The molecule has 1 heterocycles. The lowest BCUT2D eigenvalue weighted by Crippen LogP contribution is -2.23. The molecule has 0 saturated heterocycles. The Labute approximate surface area is 108 Å². The molecule has 96 valence electrons. The van der Waals surface area contributed by atoms with Gasteiger partial charge in [-0.15, -0.1) is 0 Å². The first-order chi connectivity index (χ1) is 8.12. The van der Waals surface area contributed by atoms with Crippen LogP contribution in [0.3, 0.4) is 0 Å². The summed E-state index contributed by atoms with van der Waals surface area (Å²) in [4.78, 5) is 4.32. The maximum Gasteiger partial charge on any atom is 0.0948 e. The van der Waals surface area contributed by atoms with Gasteiger partial charge in [0.2, 0.25) is 0 Å². The topological polar surface area (TPSA) is 43.8 Å². The molecular formula is C13H23N3S. The average Bonchev–Trinajstić information content (AvgIpc) is 2.94. The first-order valence-corrected chi connectivity index (χ1v) is 7.59. The van der Waals surface area contributed by atoms with E-state index in [1.165, 1.54) is 18.5 Å². The van der Waals surface area contributed by atoms with Crippen molar-refractivity contribution in [2.45, 2.75) is 43.9 Å². The summed E-state index contributed by atoms with van der Waals surface area (Å²) < 4.78 is 2.80. The van der Waals surface area contributed by atoms with Crippen LogP contribution < -0.4 is 5.73 Å². The molecule has 1 aliphatic carbocycles. The van der Waals surface area contributed by atoms with Crippen LogP contribution in [0.15, 0.2) is 12.5 Å². The summed E-state index contributed by atoms with van der Waals surface area (Å²) in [6, 6.07) is 0. The van der Waals surface area contributed by atoms with Gasteiger partial charge in [-0.05, 0) is 25.0 Å². The highest BCUT2D eigenvalue weighted by Crippen LogP contribution is 2.48. The minimum atomic E-state index is 0.426. The van der Waals surface area contributed by atoms with E-state index in [1.807, 2.05) is 24.3 Å². The largest absolute Gasteiger partial charge is 0.333 e. The molecule has 1 saturated carbocycles. The van der Waals surface area contributed by atoms with Crippen molar-refractivity contribution in [3.8, 4) is 0 Å². The Morgan fingerprint density at radius 2 is 2.24 bits per heavy atom. The van der Waals surface area contributed by atoms with Gasteiger partial charge >= 0.3 is 0 Å². The fourth-order valence-corrected chi connectivity index (χ4v) is 3.16. The van der Waals surface area contributed by atoms with E-state index in [9.17, 15) is 0 Å². The van der Waals surface area contributed by atoms with E-state index in [2.05, 4.69) is 29.7 Å². The van der Waals surface area contributed by atoms with Crippen molar-refractivity contribution >= 4 is 11.8 Å². The zero-order valence-corrected chi connectivity index (χ0v) is 11.8. The van der Waals surface area contributed by atoms with Crippen LogP contribution in [-0.4, -0.2) is 27.1 Å². The van der Waals surface area contributed by atoms with E-state index in [1.54, 1.807) is 0 Å². The second-order valence-corrected chi connectivity index (χ2v) is 6.69. The highest BCUT2D eigenvalue weighted by molar-refractivity contribution is 8.00. The first kappa shape index (κ1) is 13.0. The van der Waals surface area contributed by atoms with Crippen LogP contribution >= 0.6 is 11.8 Å². The van der Waals surface area contributed by atoms with Gasteiger partial charge < -0.3 is 10.3 Å². The van der Waals surface area contributed by atoms with Gasteiger partial charge in [0.15, 0.2) is 0 Å². The summed E-state index contributed by atoms with van der Waals surface area (Å²) in [6.45, 7) is 6.26. The Morgan fingerprint density at radius 3 is 2.71 bits per heavy atom. The van der Waals surface area contributed by atoms with Gasteiger partial charge in [-0.1, -0.05) is 13.8 Å². The third-order valence-electron chi connectivity index (χ3n) is 3.88. The molecule has 0 aliphatic heterocycles. The van der Waals surface area contributed by atoms with Crippen molar-refractivity contribution in [3.05, 3.63) is 18.2 Å². The normalized spacial score (nSPS) is 19.6. The van der Waals surface area contributed by atoms with Gasteiger partial charge in [0.05, 0.1) is 6.33 Å². The Balaban J connectivity index is 2.16. The fourth-order valence-electron chi connectivity index (χ4n) is 2.38. The molecule has 3 nitrogen and oxygen atoms in total. The molecular weight excluding hydrogens is 230 g/mol. The number of aromatic nitrogens is 2. The number of hydrogen-bond donors (Lipinski definition) is 1. The Kier molecular flexibility index (Phi) is 3.83. The molecule has 4 heteroatoms. The molecule has 2 rings (SSSR count). The Bertz CT molecular complexity index is 368. The smallest absolute Gasteiger partial charge is 0.0948 e. The molecule has 0 amide bonds. The summed E-state index contributed by atoms with van der Waals surface area (Å²) in [5, 5.41) is 0. The lowest BCUT2D eigenvalue weighted by molar-refractivity contribution is 0.468. The lowest BCUT2D eigenvalue weighted by Gasteiger charge is -2.22. The van der Waals surface area contributed by atoms with Crippen LogP contribution in [0.5, 0.6) is 0 Å². The summed E-state index contributed by atoms with van der Waals surface area (Å²) in [5.41, 5.74) is 7.21. The van der Waals surface area contributed by atoms with Crippen molar-refractivity contribution in [1.29, 1.82) is 0 Å². The van der Waals surface area contributed by atoms with E-state index >= 15 is 0 Å². The highest BCUT2D eigenvalue weighted by atomic mass is 32.2. The van der Waals surface area contributed by atoms with Gasteiger partial charge in [-0.3, -0.25) is 0 Å². The molecule has 1 unspecified atom stereocenters. The van der Waals surface area contributed by atoms with Gasteiger partial charge in [-0.25, -0.2) is 4.98 Å². The predicted molar refractivity (Wildman–Crippen MR) is 74.3 cm³/mol. The third kappa shape index (κ3) is 2.68. The number of nitrogens with zero attached hydrogens (tertiary/aromatic N) is 2. The van der Waals surface area contributed by atoms with Crippen molar-refractivity contribution in [2.75, 3.05) is 12.8 Å². The standard InChI is InChI=1S/C13H23N3S/c1-10(2)11(6-14)12-7-15-9-16(12)8-13(17-3)4-5-13/h7,9-11H,4-6,8,14H2,1-3H3. The maximum atomic E-state index is 5.90. The molecule has 0 bridgehead atoms. The van der Waals surface area contributed by atoms with Crippen LogP contribution in [0.25, 0.3) is 0 Å². The maximum absolute atomic E-state index is 5.90. The molecule has 0 spiro atoms. The number of hydrogen-bond acceptors (Lipinski definition) is 3. The summed E-state index contributed by atoms with van der Waals surface area (Å²) in [7, 11) is 0. The summed E-state index contributed by atoms with van der Waals surface area (Å²) in [5.74, 6) is 0.995. The molecule has 17 heavy (non-hydrogen) atoms. The number of imidazole rings is 1. The van der Waals surface area contributed by atoms with E-state index in [-0.39, 0.29) is 0 Å². The van der Waals surface area contributed by atoms with Crippen molar-refractivity contribution < 1.29 is 0 Å². The van der Waals surface area contributed by atoms with Crippen LogP contribution in [-0.2, 0) is 6.54 Å². The minimum absolute atomic E-state index is 0.426. The van der Waals surface area contributed by atoms with Crippen LogP contribution in [0, 0.1) is 5.92 Å². The van der Waals surface area contributed by atoms with Gasteiger partial charge in [0, 0.05) is 35.6 Å². The first-order valence-electron chi connectivity index (χ1n) is 6.37. The second kappa shape index (κ2) is 5.02. The van der Waals surface area contributed by atoms with Crippen molar-refractivity contribution in [3.63, 3.8) is 0 Å². The Morgan fingerprint density at radius 1 is 1.53 bits per heavy atom. The van der Waals surface area contributed by atoms with Gasteiger partial charge in [0.25, 0.3) is 0 Å². The molecule has 1 aliphatic rings. The van der Waals surface area contributed by atoms with E-state index in [0.29, 0.717) is 23.1 Å². The van der Waals surface area contributed by atoms with Crippen molar-refractivity contribution in [1.82, 2.24) is 9.55 Å². The minimum Gasteiger partial charge on any atom is -0.333 e. The van der Waals surface area contributed by atoms with Gasteiger partial charge in [0.1, 0.15) is 0 Å². The lowest BCUT2D eigenvalue weighted by atomic mass is 9.93.